The van der Waals surface area contributed by atoms with E-state index in [4.69, 9.17) is 9.68 Å². The summed E-state index contributed by atoms with van der Waals surface area (Å²) in [4.78, 5) is 74.5. The highest BCUT2D eigenvalue weighted by Crippen LogP contribution is 2.29. The maximum Gasteiger partial charge on any atom is 0.332 e. The Balaban J connectivity index is 1.62. The van der Waals surface area contributed by atoms with Crippen molar-refractivity contribution in [1.29, 1.82) is 0 Å². The second kappa shape index (κ2) is 16.9. The molecule has 0 aliphatic carbocycles. The first-order valence-corrected chi connectivity index (χ1v) is 16.7. The Morgan fingerprint density at radius 2 is 1.22 bits per heavy atom. The number of rotatable bonds is 15. The third-order valence-electron chi connectivity index (χ3n) is 8.10. The van der Waals surface area contributed by atoms with Gasteiger partial charge in [0.05, 0.1) is 11.1 Å². The van der Waals surface area contributed by atoms with Crippen LogP contribution in [0.3, 0.4) is 0 Å². The molecule has 0 spiro atoms. The first-order valence-electron chi connectivity index (χ1n) is 16.7. The first kappa shape index (κ1) is 36.0. The Labute approximate surface area is 295 Å². The molecule has 0 atom stereocenters. The molecule has 258 valence electrons. The van der Waals surface area contributed by atoms with Crippen molar-refractivity contribution in [3.63, 3.8) is 0 Å². The number of nitrogens with zero attached hydrogens (tertiary/aromatic N) is 3. The zero-order chi connectivity index (χ0) is 36.3. The molecule has 4 aromatic carbocycles. The van der Waals surface area contributed by atoms with Crippen molar-refractivity contribution >= 4 is 51.6 Å². The smallest absolute Gasteiger partial charge is 0.318 e. The third-order valence-corrected chi connectivity index (χ3v) is 8.10. The van der Waals surface area contributed by atoms with E-state index < -0.39 is 23.5 Å². The zero-order valence-electron chi connectivity index (χ0n) is 28.6. The van der Waals surface area contributed by atoms with Gasteiger partial charge in [-0.05, 0) is 55.3 Å². The lowest BCUT2D eigenvalue weighted by Gasteiger charge is -2.09. The molecular weight excluding hydrogens is 646 g/mol. The van der Waals surface area contributed by atoms with Gasteiger partial charge in [0.25, 0.3) is 0 Å². The van der Waals surface area contributed by atoms with Crippen LogP contribution in [-0.4, -0.2) is 45.3 Å². The number of carbonyl (C=O) groups is 5. The highest BCUT2D eigenvalue weighted by molar-refractivity contribution is 6.53. The number of hydrogen-bond donors (Lipinski definition) is 0. The minimum atomic E-state index is -0.699. The van der Waals surface area contributed by atoms with E-state index in [9.17, 15) is 24.0 Å². The van der Waals surface area contributed by atoms with Crippen molar-refractivity contribution in [2.24, 2.45) is 10.3 Å². The van der Waals surface area contributed by atoms with Crippen molar-refractivity contribution < 1.29 is 33.6 Å². The molecule has 1 heterocycles. The van der Waals surface area contributed by atoms with E-state index in [1.54, 1.807) is 108 Å². The van der Waals surface area contributed by atoms with Crippen LogP contribution < -0.4 is 0 Å². The molecule has 0 fully saturated rings. The van der Waals surface area contributed by atoms with Crippen LogP contribution in [0.5, 0.6) is 0 Å². The predicted molar refractivity (Wildman–Crippen MR) is 195 cm³/mol. The van der Waals surface area contributed by atoms with Crippen LogP contribution in [0.2, 0.25) is 0 Å². The van der Waals surface area contributed by atoms with E-state index in [-0.39, 0.29) is 28.3 Å². The number of oxime groups is 2. The van der Waals surface area contributed by atoms with Crippen LogP contribution in [0.25, 0.3) is 16.6 Å². The molecule has 5 aromatic rings. The maximum atomic E-state index is 14.4. The Hall–Kier alpha value is -6.29. The van der Waals surface area contributed by atoms with Gasteiger partial charge in [-0.15, -0.1) is 0 Å². The lowest BCUT2D eigenvalue weighted by atomic mass is 9.97. The molecule has 0 aliphatic heterocycles. The second-order valence-electron chi connectivity index (χ2n) is 11.9. The summed E-state index contributed by atoms with van der Waals surface area (Å²) >= 11 is 0. The fraction of sp³-hybridized carbons (Fsp3) is 0.195. The van der Waals surface area contributed by atoms with Crippen LogP contribution in [0.1, 0.15) is 95.1 Å². The molecule has 0 saturated carbocycles. The highest BCUT2D eigenvalue weighted by atomic mass is 16.7. The normalized spacial score (nSPS) is 11.7. The molecule has 0 unspecified atom stereocenters. The molecule has 0 saturated heterocycles. The van der Waals surface area contributed by atoms with Crippen molar-refractivity contribution in [2.45, 2.75) is 52.9 Å². The van der Waals surface area contributed by atoms with Gasteiger partial charge in [0, 0.05) is 53.4 Å². The summed E-state index contributed by atoms with van der Waals surface area (Å²) in [6, 6.07) is 29.5. The number of Topliss-reactive ketones (excluding diaryl/α,β-unsaturated/α-hetero) is 2. The SMILES string of the molecule is CCCCCC/C(=N\OC(C)=O)C(=O)c1ccc2c(c1)c(C(=O)/C(=N/OC(C)=O)c1ccccc1)cn2-c1ccc(C(=O)c2ccccc2)cc1. The number of ketones is 3. The van der Waals surface area contributed by atoms with Crippen LogP contribution in [-0.2, 0) is 19.3 Å². The molecule has 51 heavy (non-hydrogen) atoms. The number of unbranched alkanes of at least 4 members (excludes halogenated alkanes) is 3. The van der Waals surface area contributed by atoms with E-state index in [0.29, 0.717) is 46.1 Å². The molecule has 0 N–H and O–H groups in total. The minimum Gasteiger partial charge on any atom is -0.318 e. The van der Waals surface area contributed by atoms with E-state index in [0.717, 1.165) is 19.3 Å². The Kier molecular flexibility index (Phi) is 11.9. The van der Waals surface area contributed by atoms with Crippen molar-refractivity contribution in [2.75, 3.05) is 0 Å². The first-order chi connectivity index (χ1) is 24.7. The standard InChI is InChI=1S/C41H37N3O7/c1-4-5-6-13-18-36(42-50-27(2)45)40(48)32-21-24-37-34(25-32)35(41(49)38(43-51-28(3)46)29-14-9-7-10-15-29)26-44(37)33-22-19-31(20-23-33)39(47)30-16-11-8-12-17-30/h7-12,14-17,19-26H,4-6,13,18H2,1-3H3/b42-36+,43-38+. The van der Waals surface area contributed by atoms with Crippen LogP contribution in [0.15, 0.2) is 120 Å². The molecule has 5 rings (SSSR count). The van der Waals surface area contributed by atoms with Gasteiger partial charge >= 0.3 is 11.9 Å². The molecule has 10 heteroatoms. The Morgan fingerprint density at radius 1 is 0.627 bits per heavy atom. The van der Waals surface area contributed by atoms with Gasteiger partial charge in [-0.3, -0.25) is 14.4 Å². The van der Waals surface area contributed by atoms with Crippen molar-refractivity contribution in [3.8, 4) is 5.69 Å². The van der Waals surface area contributed by atoms with Gasteiger partial charge < -0.3 is 14.2 Å². The Morgan fingerprint density at radius 3 is 1.84 bits per heavy atom. The monoisotopic (exact) mass is 683 g/mol. The quantitative estimate of drug-likeness (QED) is 0.0358. The van der Waals surface area contributed by atoms with Crippen molar-refractivity contribution in [3.05, 3.63) is 137 Å². The summed E-state index contributed by atoms with van der Waals surface area (Å²) in [7, 11) is 0. The summed E-state index contributed by atoms with van der Waals surface area (Å²) in [6.45, 7) is 4.48. The minimum absolute atomic E-state index is 0.0908. The maximum absolute atomic E-state index is 14.4. The number of hydrogen-bond acceptors (Lipinski definition) is 9. The molecule has 10 nitrogen and oxygen atoms in total. The zero-order valence-corrected chi connectivity index (χ0v) is 28.6. The number of carbonyl (C=O) groups excluding carboxylic acids is 5. The van der Waals surface area contributed by atoms with E-state index in [1.807, 2.05) is 6.07 Å². The van der Waals surface area contributed by atoms with Gasteiger partial charge in [0.1, 0.15) is 5.71 Å². The van der Waals surface area contributed by atoms with Crippen LogP contribution in [0.4, 0.5) is 0 Å². The van der Waals surface area contributed by atoms with Crippen molar-refractivity contribution in [1.82, 2.24) is 4.57 Å². The number of fused-ring (bicyclic) bond motifs is 1. The molecule has 0 aliphatic rings. The highest BCUT2D eigenvalue weighted by Gasteiger charge is 2.25. The fourth-order valence-electron chi connectivity index (χ4n) is 5.56. The van der Waals surface area contributed by atoms with E-state index in [2.05, 4.69) is 17.2 Å². The van der Waals surface area contributed by atoms with Gasteiger partial charge in [0.15, 0.2) is 11.5 Å². The van der Waals surface area contributed by atoms with E-state index >= 15 is 0 Å². The summed E-state index contributed by atoms with van der Waals surface area (Å²) in [5.41, 5.74) is 3.09. The fourth-order valence-corrected chi connectivity index (χ4v) is 5.56. The van der Waals surface area contributed by atoms with Gasteiger partial charge in [-0.2, -0.15) is 0 Å². The molecule has 0 bridgehead atoms. The molecule has 0 amide bonds. The number of benzene rings is 4. The average molecular weight is 684 g/mol. The number of aromatic nitrogens is 1. The predicted octanol–water partition coefficient (Wildman–Crippen LogP) is 8.08. The Bertz CT molecular complexity index is 2130. The summed E-state index contributed by atoms with van der Waals surface area (Å²) in [6.07, 6.45) is 5.48. The van der Waals surface area contributed by atoms with Gasteiger partial charge in [-0.1, -0.05) is 97.2 Å². The molecule has 0 radical (unpaired) electrons. The van der Waals surface area contributed by atoms with E-state index in [1.165, 1.54) is 13.8 Å². The van der Waals surface area contributed by atoms with Gasteiger partial charge in [0.2, 0.25) is 11.6 Å². The summed E-state index contributed by atoms with van der Waals surface area (Å²) in [5.74, 6) is -2.48. The molecular formula is C41H37N3O7. The van der Waals surface area contributed by atoms with Crippen LogP contribution >= 0.6 is 0 Å². The average Bonchev–Trinajstić information content (AvgIpc) is 3.53. The lowest BCUT2D eigenvalue weighted by molar-refractivity contribution is -0.141. The lowest BCUT2D eigenvalue weighted by Crippen LogP contribution is -2.17. The summed E-state index contributed by atoms with van der Waals surface area (Å²) in [5, 5.41) is 8.24. The third kappa shape index (κ3) is 8.85. The van der Waals surface area contributed by atoms with Crippen LogP contribution in [0, 0.1) is 0 Å². The molecule has 1 aromatic heterocycles. The summed E-state index contributed by atoms with van der Waals surface area (Å²) < 4.78 is 1.78. The topological polar surface area (TPSA) is 133 Å². The van der Waals surface area contributed by atoms with Gasteiger partial charge in [-0.25, -0.2) is 9.59 Å². The second-order valence-corrected chi connectivity index (χ2v) is 11.9. The largest absolute Gasteiger partial charge is 0.332 e.